The van der Waals surface area contributed by atoms with E-state index in [4.69, 9.17) is 0 Å². The van der Waals surface area contributed by atoms with Crippen molar-refractivity contribution in [1.29, 1.82) is 0 Å². The first-order valence-corrected chi connectivity index (χ1v) is 6.04. The zero-order chi connectivity index (χ0) is 14.0. The third-order valence-corrected chi connectivity index (χ3v) is 2.89. The number of aryl methyl sites for hydroxylation is 1. The second-order valence-corrected chi connectivity index (χ2v) is 4.66. The summed E-state index contributed by atoms with van der Waals surface area (Å²) in [6, 6.07) is 4.55. The van der Waals surface area contributed by atoms with Gasteiger partial charge in [-0.2, -0.15) is 13.9 Å². The first kappa shape index (κ1) is 13.7. The Morgan fingerprint density at radius 3 is 2.84 bits per heavy atom. The maximum atomic E-state index is 12.4. The molecule has 0 spiro atoms. The van der Waals surface area contributed by atoms with E-state index in [0.29, 0.717) is 27.6 Å². The minimum absolute atomic E-state index is 0.0278. The Labute approximate surface area is 116 Å². The molecule has 0 aliphatic rings. The number of alkyl halides is 2. The van der Waals surface area contributed by atoms with Crippen LogP contribution in [0.25, 0.3) is 11.3 Å². The van der Waals surface area contributed by atoms with Gasteiger partial charge in [0, 0.05) is 23.3 Å². The topological polar surface area (TPSA) is 44.1 Å². The van der Waals surface area contributed by atoms with Crippen LogP contribution in [0.5, 0.6) is 5.75 Å². The summed E-state index contributed by atoms with van der Waals surface area (Å²) in [4.78, 5) is 11.0. The van der Waals surface area contributed by atoms with E-state index in [1.54, 1.807) is 19.2 Å². The van der Waals surface area contributed by atoms with Crippen molar-refractivity contribution in [3.63, 3.8) is 0 Å². The van der Waals surface area contributed by atoms with Gasteiger partial charge in [-0.05, 0) is 18.2 Å². The molecule has 0 bridgehead atoms. The lowest BCUT2D eigenvalue weighted by Crippen LogP contribution is -2.03. The van der Waals surface area contributed by atoms with Gasteiger partial charge in [0.15, 0.2) is 6.29 Å². The highest BCUT2D eigenvalue weighted by molar-refractivity contribution is 9.10. The fourth-order valence-corrected chi connectivity index (χ4v) is 2.05. The number of ether oxygens (including phenoxy) is 1. The van der Waals surface area contributed by atoms with E-state index in [1.165, 1.54) is 16.9 Å². The number of rotatable bonds is 4. The fraction of sp³-hybridized carbons (Fsp3) is 0.167. The molecular weight excluding hydrogens is 322 g/mol. The molecule has 7 heteroatoms. The van der Waals surface area contributed by atoms with Gasteiger partial charge in [-0.25, -0.2) is 0 Å². The Hall–Kier alpha value is -1.76. The highest BCUT2D eigenvalue weighted by Crippen LogP contribution is 2.34. The number of halogens is 3. The molecule has 0 amide bonds. The molecule has 1 aromatic heterocycles. The molecule has 0 aliphatic heterocycles. The monoisotopic (exact) mass is 330 g/mol. The predicted octanol–water partition coefficient (Wildman–Crippen LogP) is 3.26. The summed E-state index contributed by atoms with van der Waals surface area (Å²) < 4.78 is 31.3. The number of carbonyl (C=O) groups excluding carboxylic acids is 1. The quantitative estimate of drug-likeness (QED) is 0.808. The van der Waals surface area contributed by atoms with E-state index in [9.17, 15) is 13.6 Å². The second-order valence-electron chi connectivity index (χ2n) is 3.74. The van der Waals surface area contributed by atoms with Crippen LogP contribution in [0.3, 0.4) is 0 Å². The second kappa shape index (κ2) is 5.48. The lowest BCUT2D eigenvalue weighted by molar-refractivity contribution is -0.0494. The Morgan fingerprint density at radius 1 is 1.47 bits per heavy atom. The molecule has 2 rings (SSSR count). The van der Waals surface area contributed by atoms with Gasteiger partial charge < -0.3 is 4.74 Å². The molecule has 2 aromatic rings. The van der Waals surface area contributed by atoms with Gasteiger partial charge in [-0.15, -0.1) is 0 Å². The standard InChI is InChI=1S/C12H9BrF2N2O2/c1-17-5-7(6-18)11(16-17)9-4-8(13)2-3-10(9)19-12(14)15/h2-6,12H,1H3. The van der Waals surface area contributed by atoms with Crippen LogP contribution in [0.15, 0.2) is 28.9 Å². The van der Waals surface area contributed by atoms with Crippen molar-refractivity contribution in [2.45, 2.75) is 6.61 Å². The summed E-state index contributed by atoms with van der Waals surface area (Å²) in [5.74, 6) is -0.0278. The van der Waals surface area contributed by atoms with Crippen molar-refractivity contribution in [3.05, 3.63) is 34.4 Å². The van der Waals surface area contributed by atoms with E-state index in [-0.39, 0.29) is 5.75 Å². The normalized spacial score (nSPS) is 10.8. The molecule has 0 atom stereocenters. The maximum absolute atomic E-state index is 12.4. The van der Waals surface area contributed by atoms with Crippen molar-refractivity contribution in [2.75, 3.05) is 0 Å². The van der Waals surface area contributed by atoms with Crippen molar-refractivity contribution in [3.8, 4) is 17.0 Å². The molecule has 19 heavy (non-hydrogen) atoms. The van der Waals surface area contributed by atoms with Gasteiger partial charge in [-0.3, -0.25) is 9.48 Å². The average Bonchev–Trinajstić information content (AvgIpc) is 2.72. The molecule has 1 heterocycles. The summed E-state index contributed by atoms with van der Waals surface area (Å²) in [6.45, 7) is -2.94. The van der Waals surface area contributed by atoms with Crippen LogP contribution in [0, 0.1) is 0 Å². The highest BCUT2D eigenvalue weighted by Gasteiger charge is 2.17. The molecule has 0 N–H and O–H groups in total. The maximum Gasteiger partial charge on any atom is 0.387 e. The Balaban J connectivity index is 2.58. The van der Waals surface area contributed by atoms with Crippen LogP contribution in [-0.2, 0) is 7.05 Å². The molecule has 100 valence electrons. The SMILES string of the molecule is Cn1cc(C=O)c(-c2cc(Br)ccc2OC(F)F)n1. The van der Waals surface area contributed by atoms with Crippen LogP contribution in [0.4, 0.5) is 8.78 Å². The average molecular weight is 331 g/mol. The van der Waals surface area contributed by atoms with Crippen LogP contribution in [0.2, 0.25) is 0 Å². The number of carbonyl (C=O) groups is 1. The van der Waals surface area contributed by atoms with Crippen molar-refractivity contribution in [2.24, 2.45) is 7.05 Å². The smallest absolute Gasteiger partial charge is 0.387 e. The van der Waals surface area contributed by atoms with Gasteiger partial charge in [-0.1, -0.05) is 15.9 Å². The number of hydrogen-bond acceptors (Lipinski definition) is 3. The first-order valence-electron chi connectivity index (χ1n) is 5.25. The van der Waals surface area contributed by atoms with Gasteiger partial charge >= 0.3 is 6.61 Å². The summed E-state index contributed by atoms with van der Waals surface area (Å²) in [5.41, 5.74) is 0.937. The summed E-state index contributed by atoms with van der Waals surface area (Å²) in [5, 5.41) is 4.10. The van der Waals surface area contributed by atoms with Crippen LogP contribution in [-0.4, -0.2) is 22.7 Å². The van der Waals surface area contributed by atoms with Crippen molar-refractivity contribution >= 4 is 22.2 Å². The van der Waals surface area contributed by atoms with Crippen LogP contribution < -0.4 is 4.74 Å². The number of hydrogen-bond donors (Lipinski definition) is 0. The minimum Gasteiger partial charge on any atom is -0.434 e. The molecular formula is C12H9BrF2N2O2. The minimum atomic E-state index is -2.94. The number of benzene rings is 1. The molecule has 0 fully saturated rings. The molecule has 0 unspecified atom stereocenters. The van der Waals surface area contributed by atoms with Crippen molar-refractivity contribution < 1.29 is 18.3 Å². The highest BCUT2D eigenvalue weighted by atomic mass is 79.9. The first-order chi connectivity index (χ1) is 9.01. The number of aromatic nitrogens is 2. The van der Waals surface area contributed by atoms with Gasteiger partial charge in [0.1, 0.15) is 11.4 Å². The molecule has 0 aliphatic carbocycles. The zero-order valence-corrected chi connectivity index (χ0v) is 11.4. The lowest BCUT2D eigenvalue weighted by atomic mass is 10.1. The molecule has 4 nitrogen and oxygen atoms in total. The molecule has 0 saturated carbocycles. The number of nitrogens with zero attached hydrogens (tertiary/aromatic N) is 2. The van der Waals surface area contributed by atoms with Crippen LogP contribution in [0.1, 0.15) is 10.4 Å². The Kier molecular flexibility index (Phi) is 3.94. The largest absolute Gasteiger partial charge is 0.434 e. The Bertz CT molecular complexity index is 614. The van der Waals surface area contributed by atoms with E-state index in [1.807, 2.05) is 0 Å². The summed E-state index contributed by atoms with van der Waals surface area (Å²) in [7, 11) is 1.64. The van der Waals surface area contributed by atoms with E-state index >= 15 is 0 Å². The van der Waals surface area contributed by atoms with Gasteiger partial charge in [0.25, 0.3) is 0 Å². The fourth-order valence-electron chi connectivity index (χ4n) is 1.69. The third-order valence-electron chi connectivity index (χ3n) is 2.40. The third kappa shape index (κ3) is 2.98. The van der Waals surface area contributed by atoms with Crippen LogP contribution >= 0.6 is 15.9 Å². The molecule has 0 saturated heterocycles. The van der Waals surface area contributed by atoms with E-state index in [2.05, 4.69) is 25.8 Å². The number of aldehydes is 1. The van der Waals surface area contributed by atoms with Gasteiger partial charge in [0.2, 0.25) is 0 Å². The van der Waals surface area contributed by atoms with Gasteiger partial charge in [0.05, 0.1) is 5.56 Å². The molecule has 0 radical (unpaired) electrons. The van der Waals surface area contributed by atoms with E-state index in [0.717, 1.165) is 0 Å². The molecule has 1 aromatic carbocycles. The summed E-state index contributed by atoms with van der Waals surface area (Å²) >= 11 is 3.25. The van der Waals surface area contributed by atoms with Crippen molar-refractivity contribution in [1.82, 2.24) is 9.78 Å². The predicted molar refractivity (Wildman–Crippen MR) is 68.4 cm³/mol. The lowest BCUT2D eigenvalue weighted by Gasteiger charge is -2.10. The summed E-state index contributed by atoms with van der Waals surface area (Å²) in [6.07, 6.45) is 2.13. The zero-order valence-electron chi connectivity index (χ0n) is 9.81. The Morgan fingerprint density at radius 2 is 2.21 bits per heavy atom. The van der Waals surface area contributed by atoms with E-state index < -0.39 is 6.61 Å².